The molecule has 0 saturated carbocycles. The molecule has 0 aliphatic heterocycles. The topological polar surface area (TPSA) is 95.6 Å². The quantitative estimate of drug-likeness (QED) is 0.673. The number of aromatic amines is 1. The van der Waals surface area contributed by atoms with Gasteiger partial charge in [-0.2, -0.15) is 9.36 Å². The van der Waals surface area contributed by atoms with Crippen LogP contribution in [0.2, 0.25) is 5.02 Å². The minimum atomic E-state index is -0.315. The number of halogens is 1. The SMILES string of the molecule is CNc1snc(C)c1C(=O)Nc1n[nH]c(-c2ccccc2Cl)n1. The minimum Gasteiger partial charge on any atom is -0.378 e. The molecule has 2 aromatic heterocycles. The summed E-state index contributed by atoms with van der Waals surface area (Å²) in [5, 5.41) is 13.6. The second-order valence-electron chi connectivity index (χ2n) is 4.66. The van der Waals surface area contributed by atoms with Crippen molar-refractivity contribution in [1.82, 2.24) is 19.6 Å². The molecule has 9 heteroatoms. The summed E-state index contributed by atoms with van der Waals surface area (Å²) in [4.78, 5) is 16.6. The van der Waals surface area contributed by atoms with Gasteiger partial charge in [-0.05, 0) is 30.6 Å². The summed E-state index contributed by atoms with van der Waals surface area (Å²) in [5.74, 6) is 0.350. The number of carbonyl (C=O) groups is 1. The lowest BCUT2D eigenvalue weighted by molar-refractivity contribution is 0.102. The van der Waals surface area contributed by atoms with Gasteiger partial charge in [-0.15, -0.1) is 5.10 Å². The lowest BCUT2D eigenvalue weighted by atomic mass is 10.2. The Kier molecular flexibility index (Phi) is 4.26. The molecule has 3 rings (SSSR count). The Labute approximate surface area is 141 Å². The van der Waals surface area contributed by atoms with Crippen molar-refractivity contribution in [2.24, 2.45) is 0 Å². The molecular weight excluding hydrogens is 336 g/mol. The first-order chi connectivity index (χ1) is 11.1. The van der Waals surface area contributed by atoms with Crippen LogP contribution >= 0.6 is 23.1 Å². The molecule has 7 nitrogen and oxygen atoms in total. The number of nitrogens with one attached hydrogen (secondary N) is 3. The van der Waals surface area contributed by atoms with E-state index in [1.54, 1.807) is 20.0 Å². The van der Waals surface area contributed by atoms with E-state index in [9.17, 15) is 4.79 Å². The first-order valence-corrected chi connectivity index (χ1v) is 7.88. The summed E-state index contributed by atoms with van der Waals surface area (Å²) in [6.07, 6.45) is 0. The molecule has 0 unspecified atom stereocenters. The van der Waals surface area contributed by atoms with E-state index in [2.05, 4.69) is 30.2 Å². The van der Waals surface area contributed by atoms with E-state index in [0.717, 1.165) is 0 Å². The number of aryl methyl sites for hydroxylation is 1. The van der Waals surface area contributed by atoms with Gasteiger partial charge in [0.05, 0.1) is 16.3 Å². The van der Waals surface area contributed by atoms with Crippen molar-refractivity contribution in [3.05, 3.63) is 40.5 Å². The number of carbonyl (C=O) groups excluding carboxylic acids is 1. The largest absolute Gasteiger partial charge is 0.378 e. The molecule has 1 aromatic carbocycles. The molecule has 0 radical (unpaired) electrons. The molecule has 23 heavy (non-hydrogen) atoms. The van der Waals surface area contributed by atoms with Crippen molar-refractivity contribution in [2.45, 2.75) is 6.92 Å². The molecule has 3 N–H and O–H groups in total. The first kappa shape index (κ1) is 15.4. The van der Waals surface area contributed by atoms with Gasteiger partial charge < -0.3 is 5.32 Å². The molecule has 0 saturated heterocycles. The summed E-state index contributed by atoms with van der Waals surface area (Å²) in [7, 11) is 1.74. The summed E-state index contributed by atoms with van der Waals surface area (Å²) in [6.45, 7) is 1.78. The highest BCUT2D eigenvalue weighted by Gasteiger charge is 2.19. The van der Waals surface area contributed by atoms with Crippen LogP contribution in [0, 0.1) is 6.92 Å². The van der Waals surface area contributed by atoms with E-state index in [-0.39, 0.29) is 11.9 Å². The van der Waals surface area contributed by atoms with Crippen LogP contribution < -0.4 is 10.6 Å². The average molecular weight is 349 g/mol. The third-order valence-corrected chi connectivity index (χ3v) is 4.44. The number of H-pyrrole nitrogens is 1. The smallest absolute Gasteiger partial charge is 0.262 e. The van der Waals surface area contributed by atoms with Gasteiger partial charge in [-0.1, -0.05) is 23.7 Å². The zero-order valence-electron chi connectivity index (χ0n) is 12.3. The van der Waals surface area contributed by atoms with Gasteiger partial charge in [-0.3, -0.25) is 15.2 Å². The fourth-order valence-electron chi connectivity index (χ4n) is 2.06. The molecule has 0 fully saturated rings. The molecule has 0 atom stereocenters. The normalized spacial score (nSPS) is 10.6. The Balaban J connectivity index is 1.83. The summed E-state index contributed by atoms with van der Waals surface area (Å²) in [5.41, 5.74) is 1.85. The maximum Gasteiger partial charge on any atom is 0.262 e. The van der Waals surface area contributed by atoms with Gasteiger partial charge in [0.15, 0.2) is 5.82 Å². The third-order valence-electron chi connectivity index (χ3n) is 3.16. The van der Waals surface area contributed by atoms with Crippen LogP contribution in [0.25, 0.3) is 11.4 Å². The number of nitrogens with zero attached hydrogens (tertiary/aromatic N) is 3. The number of anilines is 2. The number of benzene rings is 1. The second-order valence-corrected chi connectivity index (χ2v) is 5.84. The Morgan fingerprint density at radius 3 is 2.87 bits per heavy atom. The van der Waals surface area contributed by atoms with Crippen molar-refractivity contribution in [3.8, 4) is 11.4 Å². The minimum absolute atomic E-state index is 0.178. The van der Waals surface area contributed by atoms with Crippen LogP contribution in [0.5, 0.6) is 0 Å². The van der Waals surface area contributed by atoms with Crippen LogP contribution in [0.3, 0.4) is 0 Å². The zero-order chi connectivity index (χ0) is 16.4. The van der Waals surface area contributed by atoms with Gasteiger partial charge in [-0.25, -0.2) is 0 Å². The highest BCUT2D eigenvalue weighted by molar-refractivity contribution is 7.10. The van der Waals surface area contributed by atoms with Gasteiger partial charge in [0.2, 0.25) is 5.95 Å². The molecular formula is C14H13ClN6OS. The molecule has 0 spiro atoms. The van der Waals surface area contributed by atoms with E-state index >= 15 is 0 Å². The first-order valence-electron chi connectivity index (χ1n) is 6.73. The molecule has 0 aliphatic carbocycles. The number of hydrogen-bond acceptors (Lipinski definition) is 6. The molecule has 0 aliphatic rings. The molecule has 2 heterocycles. The predicted molar refractivity (Wildman–Crippen MR) is 91.2 cm³/mol. The third kappa shape index (κ3) is 3.03. The zero-order valence-corrected chi connectivity index (χ0v) is 13.9. The van der Waals surface area contributed by atoms with E-state index < -0.39 is 0 Å². The summed E-state index contributed by atoms with van der Waals surface area (Å²) in [6, 6.07) is 7.26. The van der Waals surface area contributed by atoms with Crippen molar-refractivity contribution in [3.63, 3.8) is 0 Å². The standard InChI is InChI=1S/C14H13ClN6OS/c1-7-10(13(16-2)23-21-7)12(22)18-14-17-11(19-20-14)8-5-3-4-6-9(8)15/h3-6,16H,1-2H3,(H2,17,18,19,20,22). The van der Waals surface area contributed by atoms with Crippen molar-refractivity contribution >= 4 is 40.0 Å². The average Bonchev–Trinajstić information content (AvgIpc) is 3.14. The Hall–Kier alpha value is -2.45. The molecule has 1 amide bonds. The van der Waals surface area contributed by atoms with Crippen molar-refractivity contribution < 1.29 is 4.79 Å². The van der Waals surface area contributed by atoms with Gasteiger partial charge in [0.25, 0.3) is 5.91 Å². The lowest BCUT2D eigenvalue weighted by Crippen LogP contribution is -2.15. The van der Waals surface area contributed by atoms with Crippen molar-refractivity contribution in [1.29, 1.82) is 0 Å². The Morgan fingerprint density at radius 1 is 1.35 bits per heavy atom. The predicted octanol–water partition coefficient (Wildman–Crippen LogP) is 3.18. The Bertz CT molecular complexity index is 859. The molecule has 0 bridgehead atoms. The summed E-state index contributed by atoms with van der Waals surface area (Å²) < 4.78 is 4.17. The molecule has 118 valence electrons. The van der Waals surface area contributed by atoms with Crippen LogP contribution in [0.15, 0.2) is 24.3 Å². The monoisotopic (exact) mass is 348 g/mol. The van der Waals surface area contributed by atoms with Crippen LogP contribution in [-0.4, -0.2) is 32.5 Å². The fraction of sp³-hybridized carbons (Fsp3) is 0.143. The van der Waals surface area contributed by atoms with Crippen LogP contribution in [-0.2, 0) is 0 Å². The van der Waals surface area contributed by atoms with E-state index in [1.165, 1.54) is 11.5 Å². The van der Waals surface area contributed by atoms with Crippen molar-refractivity contribution in [2.75, 3.05) is 17.7 Å². The number of amides is 1. The van der Waals surface area contributed by atoms with Gasteiger partial charge in [0, 0.05) is 12.6 Å². The highest BCUT2D eigenvalue weighted by atomic mass is 35.5. The van der Waals surface area contributed by atoms with E-state index in [4.69, 9.17) is 11.6 Å². The maximum absolute atomic E-state index is 12.4. The number of rotatable bonds is 4. The van der Waals surface area contributed by atoms with Crippen LogP contribution in [0.4, 0.5) is 10.9 Å². The Morgan fingerprint density at radius 2 is 2.13 bits per heavy atom. The van der Waals surface area contributed by atoms with Gasteiger partial charge in [0.1, 0.15) is 5.00 Å². The molecule has 3 aromatic rings. The number of hydrogen-bond donors (Lipinski definition) is 3. The summed E-state index contributed by atoms with van der Waals surface area (Å²) >= 11 is 7.36. The van der Waals surface area contributed by atoms with E-state index in [1.807, 2.05) is 18.2 Å². The lowest BCUT2D eigenvalue weighted by Gasteiger charge is -2.02. The fourth-order valence-corrected chi connectivity index (χ4v) is 3.03. The maximum atomic E-state index is 12.4. The van der Waals surface area contributed by atoms with E-state index in [0.29, 0.717) is 32.7 Å². The van der Waals surface area contributed by atoms with Gasteiger partial charge >= 0.3 is 0 Å². The highest BCUT2D eigenvalue weighted by Crippen LogP contribution is 2.26. The second kappa shape index (κ2) is 6.35. The number of aromatic nitrogens is 4. The van der Waals surface area contributed by atoms with Crippen LogP contribution in [0.1, 0.15) is 16.1 Å².